The Bertz CT molecular complexity index is 1330. The third-order valence-electron chi connectivity index (χ3n) is 5.66. The number of pyridine rings is 1. The molecule has 1 heterocycles. The second kappa shape index (κ2) is 11.1. The summed E-state index contributed by atoms with van der Waals surface area (Å²) in [6, 6.07) is 24.5. The molecule has 0 saturated heterocycles. The van der Waals surface area contributed by atoms with Crippen LogP contribution in [-0.2, 0) is 22.4 Å². The van der Waals surface area contributed by atoms with Gasteiger partial charge < -0.3 is 15.7 Å². The fourth-order valence-corrected chi connectivity index (χ4v) is 3.82. The predicted octanol–water partition coefficient (Wildman–Crippen LogP) is 4.23. The minimum Gasteiger partial charge on any atom is -0.480 e. The first-order valence-corrected chi connectivity index (χ1v) is 11.3. The van der Waals surface area contributed by atoms with E-state index < -0.39 is 12.0 Å². The molecule has 4 aromatic rings. The molecule has 1 atom stereocenters. The van der Waals surface area contributed by atoms with Crippen molar-refractivity contribution in [3.8, 4) is 0 Å². The second-order valence-corrected chi connectivity index (χ2v) is 8.17. The molecule has 0 bridgehead atoms. The number of aryl methyl sites for hydroxylation is 1. The number of carboxylic acids is 1. The lowest BCUT2D eigenvalue weighted by molar-refractivity contribution is -0.141. The number of carboxylic acid groups (broad SMARTS) is 1. The average molecular weight is 468 g/mol. The third kappa shape index (κ3) is 6.29. The number of anilines is 1. The zero-order chi connectivity index (χ0) is 24.6. The van der Waals surface area contributed by atoms with Gasteiger partial charge in [-0.25, -0.2) is 4.79 Å². The summed E-state index contributed by atoms with van der Waals surface area (Å²) in [5, 5.41) is 15.8. The molecule has 0 radical (unpaired) electrons. The number of fused-ring (bicyclic) bond motifs is 1. The molecule has 0 unspecified atom stereocenters. The van der Waals surface area contributed by atoms with Crippen molar-refractivity contribution >= 4 is 34.4 Å². The van der Waals surface area contributed by atoms with E-state index >= 15 is 0 Å². The van der Waals surface area contributed by atoms with Crippen molar-refractivity contribution in [3.63, 3.8) is 0 Å². The van der Waals surface area contributed by atoms with E-state index in [1.807, 2.05) is 54.6 Å². The molecule has 176 valence electrons. The van der Waals surface area contributed by atoms with Crippen LogP contribution in [0.4, 0.5) is 5.69 Å². The van der Waals surface area contributed by atoms with Crippen molar-refractivity contribution < 1.29 is 19.5 Å². The lowest BCUT2D eigenvalue weighted by Gasteiger charge is -2.15. The summed E-state index contributed by atoms with van der Waals surface area (Å²) in [5.74, 6) is -1.67. The number of hydrogen-bond acceptors (Lipinski definition) is 4. The molecule has 0 aliphatic carbocycles. The average Bonchev–Trinajstić information content (AvgIpc) is 2.88. The van der Waals surface area contributed by atoms with Gasteiger partial charge in [0.25, 0.3) is 5.91 Å². The van der Waals surface area contributed by atoms with Gasteiger partial charge in [-0.15, -0.1) is 0 Å². The van der Waals surface area contributed by atoms with Crippen LogP contribution in [0.5, 0.6) is 0 Å². The van der Waals surface area contributed by atoms with Gasteiger partial charge in [0.15, 0.2) is 0 Å². The fourth-order valence-electron chi connectivity index (χ4n) is 3.82. The number of rotatable bonds is 9. The van der Waals surface area contributed by atoms with Crippen molar-refractivity contribution in [3.05, 3.63) is 108 Å². The van der Waals surface area contributed by atoms with Crippen LogP contribution >= 0.6 is 0 Å². The van der Waals surface area contributed by atoms with Gasteiger partial charge in [-0.05, 0) is 41.8 Å². The maximum atomic E-state index is 12.8. The number of hydrogen-bond donors (Lipinski definition) is 3. The first-order chi connectivity index (χ1) is 17.0. The maximum absolute atomic E-state index is 12.8. The molecule has 7 nitrogen and oxygen atoms in total. The molecule has 3 N–H and O–H groups in total. The van der Waals surface area contributed by atoms with Crippen LogP contribution < -0.4 is 10.6 Å². The summed E-state index contributed by atoms with van der Waals surface area (Å²) in [6.45, 7) is 0. The number of nitrogens with zero attached hydrogens (tertiary/aromatic N) is 1. The number of nitrogens with one attached hydrogen (secondary N) is 2. The highest BCUT2D eigenvalue weighted by molar-refractivity contribution is 6.12. The van der Waals surface area contributed by atoms with E-state index in [-0.39, 0.29) is 24.7 Å². The van der Waals surface area contributed by atoms with Gasteiger partial charge in [0, 0.05) is 30.1 Å². The molecule has 0 aliphatic heterocycles. The van der Waals surface area contributed by atoms with E-state index in [0.29, 0.717) is 17.7 Å². The van der Waals surface area contributed by atoms with Gasteiger partial charge >= 0.3 is 5.97 Å². The van der Waals surface area contributed by atoms with Crippen LogP contribution in [0.25, 0.3) is 10.9 Å². The van der Waals surface area contributed by atoms with E-state index in [0.717, 1.165) is 22.0 Å². The minimum atomic E-state index is -1.10. The van der Waals surface area contributed by atoms with Crippen molar-refractivity contribution in [1.29, 1.82) is 0 Å². The van der Waals surface area contributed by atoms with Gasteiger partial charge in [-0.3, -0.25) is 14.6 Å². The molecule has 0 aliphatic rings. The van der Waals surface area contributed by atoms with Crippen LogP contribution in [0.1, 0.15) is 27.9 Å². The number of aliphatic carboxylic acids is 1. The largest absolute Gasteiger partial charge is 0.480 e. The Kier molecular flexibility index (Phi) is 7.47. The smallest absolute Gasteiger partial charge is 0.326 e. The third-order valence-corrected chi connectivity index (χ3v) is 5.66. The van der Waals surface area contributed by atoms with Crippen LogP contribution in [-0.4, -0.2) is 33.9 Å². The number of aromatic nitrogens is 1. The van der Waals surface area contributed by atoms with Gasteiger partial charge in [0.05, 0.1) is 11.1 Å². The molecule has 7 heteroatoms. The molecule has 2 amide bonds. The van der Waals surface area contributed by atoms with Gasteiger partial charge in [0.2, 0.25) is 5.91 Å². The summed E-state index contributed by atoms with van der Waals surface area (Å²) >= 11 is 0. The first-order valence-electron chi connectivity index (χ1n) is 11.3. The summed E-state index contributed by atoms with van der Waals surface area (Å²) in [7, 11) is 0. The minimum absolute atomic E-state index is 0.135. The van der Waals surface area contributed by atoms with Gasteiger partial charge in [-0.1, -0.05) is 60.7 Å². The highest BCUT2D eigenvalue weighted by Crippen LogP contribution is 2.19. The van der Waals surface area contributed by atoms with Gasteiger partial charge in [-0.2, -0.15) is 0 Å². The van der Waals surface area contributed by atoms with E-state index in [2.05, 4.69) is 15.6 Å². The molecule has 0 saturated carbocycles. The maximum Gasteiger partial charge on any atom is 0.326 e. The number of carbonyl (C=O) groups excluding carboxylic acids is 2. The monoisotopic (exact) mass is 467 g/mol. The molecule has 0 fully saturated rings. The zero-order valence-corrected chi connectivity index (χ0v) is 19.0. The number of amides is 2. The standard InChI is InChI=1S/C28H25N3O4/c32-26(15-12-19-6-2-1-3-7-19)31-25(28(34)35)18-20-10-13-21(14-11-20)30-27(33)23-16-17-29-24-9-5-4-8-22(23)24/h1-11,13-14,16-17,25H,12,15,18H2,(H,30,33)(H,31,32)(H,34,35)/t25-/m0/s1. The highest BCUT2D eigenvalue weighted by atomic mass is 16.4. The molecular formula is C28H25N3O4. The van der Waals surface area contributed by atoms with E-state index in [1.165, 1.54) is 0 Å². The van der Waals surface area contributed by atoms with Crippen molar-refractivity contribution in [2.24, 2.45) is 0 Å². The molecular weight excluding hydrogens is 442 g/mol. The number of benzene rings is 3. The summed E-state index contributed by atoms with van der Waals surface area (Å²) in [6.07, 6.45) is 2.48. The Morgan fingerprint density at radius 3 is 2.29 bits per heavy atom. The summed E-state index contributed by atoms with van der Waals surface area (Å²) in [5.41, 5.74) is 3.59. The molecule has 1 aromatic heterocycles. The van der Waals surface area contributed by atoms with Crippen molar-refractivity contribution in [1.82, 2.24) is 10.3 Å². The number of para-hydroxylation sites is 1. The molecule has 3 aromatic carbocycles. The Morgan fingerprint density at radius 2 is 1.54 bits per heavy atom. The highest BCUT2D eigenvalue weighted by Gasteiger charge is 2.20. The Hall–Kier alpha value is -4.52. The fraction of sp³-hybridized carbons (Fsp3) is 0.143. The van der Waals surface area contributed by atoms with Crippen LogP contribution in [0.2, 0.25) is 0 Å². The zero-order valence-electron chi connectivity index (χ0n) is 19.0. The van der Waals surface area contributed by atoms with Crippen LogP contribution in [0.15, 0.2) is 91.1 Å². The van der Waals surface area contributed by atoms with Crippen LogP contribution in [0.3, 0.4) is 0 Å². The van der Waals surface area contributed by atoms with Crippen molar-refractivity contribution in [2.75, 3.05) is 5.32 Å². The quantitative estimate of drug-likeness (QED) is 0.341. The summed E-state index contributed by atoms with van der Waals surface area (Å²) in [4.78, 5) is 41.1. The Balaban J connectivity index is 1.35. The Labute approximate surface area is 202 Å². The lowest BCUT2D eigenvalue weighted by Crippen LogP contribution is -2.42. The topological polar surface area (TPSA) is 108 Å². The van der Waals surface area contributed by atoms with Gasteiger partial charge in [0.1, 0.15) is 6.04 Å². The molecule has 4 rings (SSSR count). The van der Waals surface area contributed by atoms with E-state index in [1.54, 1.807) is 36.5 Å². The van der Waals surface area contributed by atoms with Crippen molar-refractivity contribution in [2.45, 2.75) is 25.3 Å². The predicted molar refractivity (Wildman–Crippen MR) is 134 cm³/mol. The first kappa shape index (κ1) is 23.6. The molecule has 0 spiro atoms. The number of carbonyl (C=O) groups is 3. The molecule has 35 heavy (non-hydrogen) atoms. The second-order valence-electron chi connectivity index (χ2n) is 8.17. The summed E-state index contributed by atoms with van der Waals surface area (Å²) < 4.78 is 0. The SMILES string of the molecule is O=C(CCc1ccccc1)N[C@@H](Cc1ccc(NC(=O)c2ccnc3ccccc23)cc1)C(=O)O. The van der Waals surface area contributed by atoms with E-state index in [4.69, 9.17) is 0 Å². The van der Waals surface area contributed by atoms with Crippen LogP contribution in [0, 0.1) is 0 Å². The Morgan fingerprint density at radius 1 is 0.829 bits per heavy atom. The lowest BCUT2D eigenvalue weighted by atomic mass is 10.0. The van der Waals surface area contributed by atoms with E-state index in [9.17, 15) is 19.5 Å². The normalized spacial score (nSPS) is 11.5.